The monoisotopic (exact) mass is 405 g/mol. The maximum atomic E-state index is 13.2. The molecule has 0 saturated carbocycles. The summed E-state index contributed by atoms with van der Waals surface area (Å²) in [7, 11) is -1.08. The van der Waals surface area contributed by atoms with Gasteiger partial charge in [-0.05, 0) is 38.1 Å². The van der Waals surface area contributed by atoms with Gasteiger partial charge in [-0.15, -0.1) is 0 Å². The van der Waals surface area contributed by atoms with Crippen LogP contribution in [0.4, 0.5) is 5.69 Å². The average Bonchev–Trinajstić information content (AvgIpc) is 2.70. The summed E-state index contributed by atoms with van der Waals surface area (Å²) < 4.78 is 37.9. The molecular formula is C19H23N3O5S. The van der Waals surface area contributed by atoms with Gasteiger partial charge in [-0.2, -0.15) is 5.10 Å². The van der Waals surface area contributed by atoms with Gasteiger partial charge in [0.25, 0.3) is 15.9 Å². The van der Waals surface area contributed by atoms with Gasteiger partial charge in [0, 0.05) is 11.8 Å². The number of ether oxygens (including phenoxy) is 2. The lowest BCUT2D eigenvalue weighted by Gasteiger charge is -2.24. The fourth-order valence-corrected chi connectivity index (χ4v) is 3.79. The third kappa shape index (κ3) is 5.01. The molecule has 1 N–H and O–H groups in total. The Morgan fingerprint density at radius 3 is 2.25 bits per heavy atom. The summed E-state index contributed by atoms with van der Waals surface area (Å²) in [4.78, 5) is 12.4. The number of nitrogens with zero attached hydrogens (tertiary/aromatic N) is 2. The van der Waals surface area contributed by atoms with Crippen LogP contribution in [0.1, 0.15) is 13.8 Å². The molecule has 0 aliphatic heterocycles. The van der Waals surface area contributed by atoms with Crippen LogP contribution < -0.4 is 19.2 Å². The van der Waals surface area contributed by atoms with Gasteiger partial charge in [0.1, 0.15) is 6.54 Å². The van der Waals surface area contributed by atoms with Crippen LogP contribution in [-0.4, -0.2) is 40.8 Å². The van der Waals surface area contributed by atoms with Crippen LogP contribution in [0.15, 0.2) is 58.5 Å². The molecule has 9 heteroatoms. The van der Waals surface area contributed by atoms with Gasteiger partial charge in [0.15, 0.2) is 11.5 Å². The molecule has 2 aromatic carbocycles. The molecule has 28 heavy (non-hydrogen) atoms. The van der Waals surface area contributed by atoms with Crippen molar-refractivity contribution in [2.24, 2.45) is 5.10 Å². The quantitative estimate of drug-likeness (QED) is 0.537. The number of amides is 1. The molecule has 0 aliphatic rings. The lowest BCUT2D eigenvalue weighted by molar-refractivity contribution is -0.119. The third-order valence-corrected chi connectivity index (χ3v) is 5.47. The van der Waals surface area contributed by atoms with E-state index in [-0.39, 0.29) is 10.6 Å². The molecule has 0 aliphatic carbocycles. The van der Waals surface area contributed by atoms with E-state index in [1.54, 1.807) is 44.2 Å². The SMILES string of the molecule is COc1ccc(N(CC(=O)NN=C(C)C)S(=O)(=O)c2ccccc2)cc1OC. The number of carbonyl (C=O) groups is 1. The van der Waals surface area contributed by atoms with Crippen molar-refractivity contribution in [3.8, 4) is 11.5 Å². The Hall–Kier alpha value is -3.07. The Morgan fingerprint density at radius 1 is 1.04 bits per heavy atom. The lowest BCUT2D eigenvalue weighted by Crippen LogP contribution is -2.39. The van der Waals surface area contributed by atoms with E-state index >= 15 is 0 Å². The zero-order valence-corrected chi connectivity index (χ0v) is 17.0. The summed E-state index contributed by atoms with van der Waals surface area (Å²) in [5.41, 5.74) is 3.24. The number of sulfonamides is 1. The van der Waals surface area contributed by atoms with Crippen LogP contribution >= 0.6 is 0 Å². The molecule has 0 radical (unpaired) electrons. The first-order valence-corrected chi connectivity index (χ1v) is 9.83. The summed E-state index contributed by atoms with van der Waals surface area (Å²) in [6.45, 7) is 2.98. The van der Waals surface area contributed by atoms with Crippen molar-refractivity contribution in [1.29, 1.82) is 0 Å². The molecule has 0 heterocycles. The Morgan fingerprint density at radius 2 is 1.68 bits per heavy atom. The van der Waals surface area contributed by atoms with Gasteiger partial charge in [-0.3, -0.25) is 9.10 Å². The number of hydrogen-bond donors (Lipinski definition) is 1. The van der Waals surface area contributed by atoms with E-state index in [0.717, 1.165) is 4.31 Å². The van der Waals surface area contributed by atoms with Crippen molar-refractivity contribution in [2.75, 3.05) is 25.1 Å². The summed E-state index contributed by atoms with van der Waals surface area (Å²) in [5.74, 6) is 0.213. The number of hydrazone groups is 1. The average molecular weight is 405 g/mol. The largest absolute Gasteiger partial charge is 0.493 e. The third-order valence-electron chi connectivity index (χ3n) is 3.68. The summed E-state index contributed by atoms with van der Waals surface area (Å²) in [6.07, 6.45) is 0. The molecule has 1 amide bonds. The van der Waals surface area contributed by atoms with Gasteiger partial charge < -0.3 is 9.47 Å². The number of hydrogen-bond acceptors (Lipinski definition) is 6. The highest BCUT2D eigenvalue weighted by molar-refractivity contribution is 7.92. The van der Waals surface area contributed by atoms with E-state index in [1.807, 2.05) is 0 Å². The highest BCUT2D eigenvalue weighted by Crippen LogP contribution is 2.33. The van der Waals surface area contributed by atoms with Gasteiger partial charge in [-0.1, -0.05) is 18.2 Å². The van der Waals surface area contributed by atoms with Gasteiger partial charge in [0.05, 0.1) is 24.8 Å². The molecule has 2 rings (SSSR count). The van der Waals surface area contributed by atoms with Crippen molar-refractivity contribution in [3.05, 3.63) is 48.5 Å². The minimum Gasteiger partial charge on any atom is -0.493 e. The van der Waals surface area contributed by atoms with E-state index in [0.29, 0.717) is 17.2 Å². The van der Waals surface area contributed by atoms with E-state index in [1.165, 1.54) is 32.4 Å². The molecule has 0 unspecified atom stereocenters. The first-order chi connectivity index (χ1) is 13.3. The molecule has 0 aromatic heterocycles. The van der Waals surface area contributed by atoms with Crippen molar-refractivity contribution in [2.45, 2.75) is 18.7 Å². The topological polar surface area (TPSA) is 97.3 Å². The minimum absolute atomic E-state index is 0.0627. The van der Waals surface area contributed by atoms with Crippen LogP contribution in [0, 0.1) is 0 Å². The van der Waals surface area contributed by atoms with Gasteiger partial charge >= 0.3 is 0 Å². The Kier molecular flexibility index (Phi) is 7.00. The molecule has 150 valence electrons. The summed E-state index contributed by atoms with van der Waals surface area (Å²) >= 11 is 0. The fraction of sp³-hybridized carbons (Fsp3) is 0.263. The molecular weight excluding hydrogens is 382 g/mol. The molecule has 8 nitrogen and oxygen atoms in total. The molecule has 0 fully saturated rings. The molecule has 0 spiro atoms. The van der Waals surface area contributed by atoms with E-state index in [9.17, 15) is 13.2 Å². The Bertz CT molecular complexity index is 955. The molecule has 2 aromatic rings. The minimum atomic E-state index is -4.00. The number of carbonyl (C=O) groups excluding carboxylic acids is 1. The van der Waals surface area contributed by atoms with E-state index < -0.39 is 22.5 Å². The lowest BCUT2D eigenvalue weighted by atomic mass is 10.2. The van der Waals surface area contributed by atoms with Crippen molar-refractivity contribution in [3.63, 3.8) is 0 Å². The predicted octanol–water partition coefficient (Wildman–Crippen LogP) is 2.41. The first kappa shape index (κ1) is 21.2. The van der Waals surface area contributed by atoms with Crippen LogP contribution in [0.25, 0.3) is 0 Å². The van der Waals surface area contributed by atoms with Crippen LogP contribution in [0.2, 0.25) is 0 Å². The van der Waals surface area contributed by atoms with Crippen molar-refractivity contribution in [1.82, 2.24) is 5.43 Å². The van der Waals surface area contributed by atoms with E-state index in [2.05, 4.69) is 10.5 Å². The Labute approximate surface area is 164 Å². The Balaban J connectivity index is 2.50. The second-order valence-corrected chi connectivity index (χ2v) is 7.82. The van der Waals surface area contributed by atoms with Crippen molar-refractivity contribution >= 4 is 27.3 Å². The summed E-state index contributed by atoms with van der Waals surface area (Å²) in [6, 6.07) is 12.5. The number of anilines is 1. The van der Waals surface area contributed by atoms with Gasteiger partial charge in [-0.25, -0.2) is 13.8 Å². The van der Waals surface area contributed by atoms with Crippen LogP contribution in [0.3, 0.4) is 0 Å². The van der Waals surface area contributed by atoms with Gasteiger partial charge in [0.2, 0.25) is 0 Å². The standard InChI is InChI=1S/C19H23N3O5S/c1-14(2)20-21-19(23)13-22(28(24,25)16-8-6-5-7-9-16)15-10-11-17(26-3)18(12-15)27-4/h5-12H,13H2,1-4H3,(H,21,23). The summed E-state index contributed by atoms with van der Waals surface area (Å²) in [5, 5.41) is 3.84. The maximum Gasteiger partial charge on any atom is 0.264 e. The van der Waals surface area contributed by atoms with Crippen molar-refractivity contribution < 1.29 is 22.7 Å². The highest BCUT2D eigenvalue weighted by Gasteiger charge is 2.28. The van der Waals surface area contributed by atoms with E-state index in [4.69, 9.17) is 9.47 Å². The highest BCUT2D eigenvalue weighted by atomic mass is 32.2. The maximum absolute atomic E-state index is 13.2. The number of methoxy groups -OCH3 is 2. The molecule has 0 atom stereocenters. The zero-order chi connectivity index (χ0) is 20.7. The number of rotatable bonds is 8. The smallest absolute Gasteiger partial charge is 0.264 e. The fourth-order valence-electron chi connectivity index (χ4n) is 2.35. The zero-order valence-electron chi connectivity index (χ0n) is 16.2. The van der Waals surface area contributed by atoms with Crippen LogP contribution in [-0.2, 0) is 14.8 Å². The predicted molar refractivity (Wildman–Crippen MR) is 107 cm³/mol. The van der Waals surface area contributed by atoms with Crippen LogP contribution in [0.5, 0.6) is 11.5 Å². The number of nitrogens with one attached hydrogen (secondary N) is 1. The molecule has 0 saturated heterocycles. The second-order valence-electron chi connectivity index (χ2n) is 5.96. The number of benzene rings is 2. The molecule has 0 bridgehead atoms. The first-order valence-electron chi connectivity index (χ1n) is 8.39. The second kappa shape index (κ2) is 9.23. The normalized spacial score (nSPS) is 10.7.